The minimum atomic E-state index is -0.240. The minimum absolute atomic E-state index is 0.0742. The Morgan fingerprint density at radius 2 is 2.54 bits per heavy atom. The van der Waals surface area contributed by atoms with Crippen molar-refractivity contribution >= 4 is 0 Å². The molecule has 13 heavy (non-hydrogen) atoms. The molecule has 0 aromatic carbocycles. The molecule has 1 aromatic heterocycles. The number of hydrogen-bond donors (Lipinski definition) is 1. The number of H-pyrrole nitrogens is 1. The molecule has 0 spiro atoms. The Morgan fingerprint density at radius 3 is 3.23 bits per heavy atom. The Kier molecular flexibility index (Phi) is 3.19. The molecule has 0 radical (unpaired) electrons. The molecule has 0 aliphatic rings. The summed E-state index contributed by atoms with van der Waals surface area (Å²) in [5.74, 6) is 5.14. The molecule has 1 N–H and O–H groups in total. The third-order valence-electron chi connectivity index (χ3n) is 1.25. The van der Waals surface area contributed by atoms with Gasteiger partial charge in [-0.15, -0.1) is 0 Å². The number of rotatable bonds is 1. The monoisotopic (exact) mass is 174 g/mol. The van der Waals surface area contributed by atoms with Crippen LogP contribution in [0.25, 0.3) is 10.4 Å². The van der Waals surface area contributed by atoms with Gasteiger partial charge in [-0.3, -0.25) is 4.79 Å². The summed E-state index contributed by atoms with van der Waals surface area (Å²) in [6.07, 6.45) is 1.53. The highest BCUT2D eigenvalue weighted by Crippen LogP contribution is 1.84. The van der Waals surface area contributed by atoms with Gasteiger partial charge in [0, 0.05) is 11.1 Å². The van der Waals surface area contributed by atoms with Crippen LogP contribution >= 0.6 is 0 Å². The van der Waals surface area contributed by atoms with Crippen LogP contribution < -0.4 is 5.56 Å². The topological polar surface area (TPSA) is 81.6 Å². The summed E-state index contributed by atoms with van der Waals surface area (Å²) >= 11 is 0. The Hall–Kier alpha value is -2.18. The molecule has 0 atom stereocenters. The molecule has 0 aliphatic carbocycles. The highest BCUT2D eigenvalue weighted by molar-refractivity contribution is 5.31. The fraction of sp³-hybridized carbons (Fsp3) is 0.125. The Bertz CT molecular complexity index is 445. The zero-order chi connectivity index (χ0) is 9.52. The van der Waals surface area contributed by atoms with Crippen LogP contribution in [0.5, 0.6) is 0 Å². The Labute approximate surface area is 74.0 Å². The van der Waals surface area contributed by atoms with E-state index in [2.05, 4.69) is 26.9 Å². The first-order valence-electron chi connectivity index (χ1n) is 3.52. The van der Waals surface area contributed by atoms with Gasteiger partial charge in [-0.2, -0.15) is 0 Å². The molecule has 1 rings (SSSR count). The van der Waals surface area contributed by atoms with Crippen LogP contribution in [-0.4, -0.2) is 11.5 Å². The second-order valence-electron chi connectivity index (χ2n) is 2.10. The van der Waals surface area contributed by atoms with Gasteiger partial charge in [0.15, 0.2) is 0 Å². The van der Waals surface area contributed by atoms with Crippen LogP contribution in [0, 0.1) is 11.8 Å². The summed E-state index contributed by atoms with van der Waals surface area (Å²) in [6.45, 7) is 0.0742. The number of aromatic amines is 1. The van der Waals surface area contributed by atoms with Gasteiger partial charge < -0.3 is 4.98 Å². The molecule has 0 saturated heterocycles. The van der Waals surface area contributed by atoms with Gasteiger partial charge in [0.1, 0.15) is 0 Å². The predicted octanol–water partition coefficient (Wildman–Crippen LogP) is 1.04. The molecule has 1 aromatic rings. The normalized spacial score (nSPS) is 8.00. The number of pyridine rings is 1. The van der Waals surface area contributed by atoms with Crippen molar-refractivity contribution in [3.05, 3.63) is 44.7 Å². The first-order chi connectivity index (χ1) is 6.34. The molecular weight excluding hydrogens is 168 g/mol. The molecule has 5 nitrogen and oxygen atoms in total. The van der Waals surface area contributed by atoms with E-state index in [-0.39, 0.29) is 12.1 Å². The summed E-state index contributed by atoms with van der Waals surface area (Å²) in [7, 11) is 0. The number of hydrogen-bond acceptors (Lipinski definition) is 2. The Morgan fingerprint density at radius 1 is 1.69 bits per heavy atom. The lowest BCUT2D eigenvalue weighted by Crippen LogP contribution is -2.07. The van der Waals surface area contributed by atoms with E-state index in [1.807, 2.05) is 0 Å². The molecule has 0 amide bonds. The average Bonchev–Trinajstić information content (AvgIpc) is 2.15. The average molecular weight is 174 g/mol. The quantitative estimate of drug-likeness (QED) is 0.293. The SMILES string of the molecule is [N-]=[N+]=NCC#Cc1ccc[nH]c1=O. The molecule has 1 heterocycles. The van der Waals surface area contributed by atoms with Crippen LogP contribution in [0.15, 0.2) is 28.2 Å². The third-order valence-corrected chi connectivity index (χ3v) is 1.25. The summed E-state index contributed by atoms with van der Waals surface area (Å²) in [6, 6.07) is 3.28. The van der Waals surface area contributed by atoms with Crippen molar-refractivity contribution in [1.29, 1.82) is 0 Å². The van der Waals surface area contributed by atoms with E-state index in [0.29, 0.717) is 5.56 Å². The standard InChI is InChI=1S/C8H6N4O/c9-12-11-6-2-4-7-3-1-5-10-8(7)13/h1,3,5H,6H2,(H,10,13). The van der Waals surface area contributed by atoms with E-state index in [1.165, 1.54) is 6.20 Å². The van der Waals surface area contributed by atoms with E-state index in [9.17, 15) is 4.79 Å². The maximum Gasteiger partial charge on any atom is 0.263 e. The number of aromatic nitrogens is 1. The number of azide groups is 1. The van der Waals surface area contributed by atoms with Crippen molar-refractivity contribution < 1.29 is 0 Å². The second-order valence-corrected chi connectivity index (χ2v) is 2.10. The highest BCUT2D eigenvalue weighted by Gasteiger charge is 1.89. The molecule has 0 saturated carbocycles. The molecule has 0 aliphatic heterocycles. The van der Waals surface area contributed by atoms with Gasteiger partial charge >= 0.3 is 0 Å². The maximum absolute atomic E-state index is 11.0. The van der Waals surface area contributed by atoms with Crippen molar-refractivity contribution in [2.75, 3.05) is 6.54 Å². The second kappa shape index (κ2) is 4.65. The van der Waals surface area contributed by atoms with Crippen molar-refractivity contribution in [2.45, 2.75) is 0 Å². The largest absolute Gasteiger partial charge is 0.328 e. The first kappa shape index (κ1) is 8.91. The van der Waals surface area contributed by atoms with Crippen LogP contribution in [0.4, 0.5) is 0 Å². The predicted molar refractivity (Wildman–Crippen MR) is 48.0 cm³/mol. The lowest BCUT2D eigenvalue weighted by molar-refractivity contribution is 1.22. The van der Waals surface area contributed by atoms with Crippen LogP contribution in [0.2, 0.25) is 0 Å². The zero-order valence-corrected chi connectivity index (χ0v) is 6.69. The van der Waals surface area contributed by atoms with Gasteiger partial charge in [0.05, 0.1) is 12.1 Å². The van der Waals surface area contributed by atoms with Crippen LogP contribution in [0.1, 0.15) is 5.56 Å². The van der Waals surface area contributed by atoms with Crippen molar-refractivity contribution in [3.63, 3.8) is 0 Å². The van der Waals surface area contributed by atoms with E-state index in [0.717, 1.165) is 0 Å². The third kappa shape index (κ3) is 2.73. The smallest absolute Gasteiger partial charge is 0.263 e. The molecule has 64 valence electrons. The summed E-state index contributed by atoms with van der Waals surface area (Å²) < 4.78 is 0. The zero-order valence-electron chi connectivity index (χ0n) is 6.69. The van der Waals surface area contributed by atoms with Crippen LogP contribution in [-0.2, 0) is 0 Å². The summed E-state index contributed by atoms with van der Waals surface area (Å²) in [4.78, 5) is 16.0. The van der Waals surface area contributed by atoms with E-state index >= 15 is 0 Å². The molecular formula is C8H6N4O. The van der Waals surface area contributed by atoms with E-state index in [4.69, 9.17) is 5.53 Å². The lowest BCUT2D eigenvalue weighted by Gasteiger charge is -1.84. The molecule has 5 heteroatoms. The van der Waals surface area contributed by atoms with E-state index < -0.39 is 0 Å². The minimum Gasteiger partial charge on any atom is -0.328 e. The molecule has 0 bridgehead atoms. The molecule has 0 fully saturated rings. The van der Waals surface area contributed by atoms with Crippen molar-refractivity contribution in [2.24, 2.45) is 5.11 Å². The van der Waals surface area contributed by atoms with Gasteiger partial charge in [0.25, 0.3) is 5.56 Å². The van der Waals surface area contributed by atoms with Gasteiger partial charge in [-0.05, 0) is 17.7 Å². The summed E-state index contributed by atoms with van der Waals surface area (Å²) in [5.41, 5.74) is 8.07. The fourth-order valence-electron chi connectivity index (χ4n) is 0.722. The van der Waals surface area contributed by atoms with Crippen LogP contribution in [0.3, 0.4) is 0 Å². The van der Waals surface area contributed by atoms with Gasteiger partial charge in [-0.1, -0.05) is 17.0 Å². The van der Waals surface area contributed by atoms with Gasteiger partial charge in [-0.25, -0.2) is 0 Å². The molecule has 0 unspecified atom stereocenters. The summed E-state index contributed by atoms with van der Waals surface area (Å²) in [5, 5.41) is 3.21. The first-order valence-corrected chi connectivity index (χ1v) is 3.52. The maximum atomic E-state index is 11.0. The van der Waals surface area contributed by atoms with Gasteiger partial charge in [0.2, 0.25) is 0 Å². The van der Waals surface area contributed by atoms with Crippen molar-refractivity contribution in [1.82, 2.24) is 4.98 Å². The van der Waals surface area contributed by atoms with E-state index in [1.54, 1.807) is 12.1 Å². The number of nitrogens with zero attached hydrogens (tertiary/aromatic N) is 3. The fourth-order valence-corrected chi connectivity index (χ4v) is 0.722. The Balaban J connectivity index is 2.83. The lowest BCUT2D eigenvalue weighted by atomic mass is 10.3. The van der Waals surface area contributed by atoms with Crippen molar-refractivity contribution in [3.8, 4) is 11.8 Å². The number of nitrogens with one attached hydrogen (secondary N) is 1. The highest BCUT2D eigenvalue weighted by atomic mass is 16.1.